The van der Waals surface area contributed by atoms with Gasteiger partial charge in [0.2, 0.25) is 0 Å². The number of anilines is 1. The number of para-hydroxylation sites is 2. The molecule has 4 aromatic rings. The monoisotopic (exact) mass is 499 g/mol. The lowest BCUT2D eigenvalue weighted by Gasteiger charge is -2.29. The highest BCUT2D eigenvalue weighted by molar-refractivity contribution is 5.99. The molecule has 3 aromatic carbocycles. The summed E-state index contributed by atoms with van der Waals surface area (Å²) in [5.74, 6) is -2.06. The number of hydrogen-bond donors (Lipinski definition) is 2. The molecule has 2 N–H and O–H groups in total. The van der Waals surface area contributed by atoms with Crippen LogP contribution >= 0.6 is 0 Å². The number of nitrogens with zero attached hydrogens (tertiary/aromatic N) is 1. The number of carbonyl (C=O) groups excluding carboxylic acids is 3. The molecule has 8 heteroatoms. The first-order valence-electron chi connectivity index (χ1n) is 12.2. The fraction of sp³-hybridized carbons (Fsp3) is 0.207. The number of carbonyl (C=O) groups is 3. The Morgan fingerprint density at radius 2 is 1.76 bits per heavy atom. The Morgan fingerprint density at radius 3 is 2.59 bits per heavy atom. The Bertz CT molecular complexity index is 1450. The van der Waals surface area contributed by atoms with E-state index in [0.29, 0.717) is 6.54 Å². The lowest BCUT2D eigenvalue weighted by Crippen LogP contribution is -2.45. The molecular formula is C29H26FN3O4. The van der Waals surface area contributed by atoms with Crippen LogP contribution in [0.5, 0.6) is 0 Å². The second-order valence-corrected chi connectivity index (χ2v) is 8.98. The van der Waals surface area contributed by atoms with Gasteiger partial charge in [-0.25, -0.2) is 9.18 Å². The van der Waals surface area contributed by atoms with Gasteiger partial charge in [-0.3, -0.25) is 9.59 Å². The third-order valence-electron chi connectivity index (χ3n) is 6.54. The van der Waals surface area contributed by atoms with Gasteiger partial charge in [0.05, 0.1) is 0 Å². The number of rotatable bonds is 7. The zero-order valence-electron chi connectivity index (χ0n) is 20.1. The summed E-state index contributed by atoms with van der Waals surface area (Å²) < 4.78 is 18.8. The van der Waals surface area contributed by atoms with Crippen molar-refractivity contribution in [2.75, 3.05) is 18.1 Å². The Balaban J connectivity index is 1.32. The smallest absolute Gasteiger partial charge is 0.329 e. The van der Waals surface area contributed by atoms with Gasteiger partial charge < -0.3 is 19.9 Å². The maximum absolute atomic E-state index is 13.3. The molecule has 5 rings (SSSR count). The molecule has 1 aromatic heterocycles. The molecule has 0 spiro atoms. The third-order valence-corrected chi connectivity index (χ3v) is 6.54. The van der Waals surface area contributed by atoms with Gasteiger partial charge in [0.25, 0.3) is 11.8 Å². The average molecular weight is 500 g/mol. The number of halogens is 1. The predicted octanol–water partition coefficient (Wildman–Crippen LogP) is 4.17. The van der Waals surface area contributed by atoms with Gasteiger partial charge in [-0.05, 0) is 60.4 Å². The molecule has 2 heterocycles. The lowest BCUT2D eigenvalue weighted by atomic mass is 10.0. The van der Waals surface area contributed by atoms with E-state index in [-0.39, 0.29) is 17.9 Å². The Morgan fingerprint density at radius 1 is 1.00 bits per heavy atom. The molecule has 1 aliphatic rings. The average Bonchev–Trinajstić information content (AvgIpc) is 3.34. The number of aryl methyl sites for hydroxylation is 1. The maximum atomic E-state index is 13.3. The summed E-state index contributed by atoms with van der Waals surface area (Å²) in [6.07, 6.45) is 3.65. The zero-order chi connectivity index (χ0) is 25.8. The van der Waals surface area contributed by atoms with Crippen molar-refractivity contribution in [3.8, 4) is 0 Å². The van der Waals surface area contributed by atoms with Crippen LogP contribution in [0.15, 0.2) is 79.0 Å². The summed E-state index contributed by atoms with van der Waals surface area (Å²) in [5, 5.41) is 3.61. The minimum Gasteiger partial charge on any atom is -0.454 e. The van der Waals surface area contributed by atoms with E-state index >= 15 is 0 Å². The Labute approximate surface area is 213 Å². The number of aromatic nitrogens is 1. The third kappa shape index (κ3) is 5.38. The van der Waals surface area contributed by atoms with Gasteiger partial charge in [0.15, 0.2) is 6.61 Å². The van der Waals surface area contributed by atoms with Crippen molar-refractivity contribution in [2.45, 2.75) is 25.3 Å². The zero-order valence-corrected chi connectivity index (χ0v) is 20.1. The highest BCUT2D eigenvalue weighted by atomic mass is 19.1. The molecule has 1 aliphatic heterocycles. The summed E-state index contributed by atoms with van der Waals surface area (Å²) in [4.78, 5) is 43.8. The quantitative estimate of drug-likeness (QED) is 0.374. The molecule has 0 radical (unpaired) electrons. The molecule has 37 heavy (non-hydrogen) atoms. The normalized spacial score (nSPS) is 13.6. The predicted molar refractivity (Wildman–Crippen MR) is 138 cm³/mol. The van der Waals surface area contributed by atoms with E-state index in [1.165, 1.54) is 24.3 Å². The fourth-order valence-electron chi connectivity index (χ4n) is 4.66. The largest absolute Gasteiger partial charge is 0.454 e. The van der Waals surface area contributed by atoms with E-state index in [0.717, 1.165) is 40.6 Å². The number of amides is 2. The van der Waals surface area contributed by atoms with Crippen molar-refractivity contribution in [3.05, 3.63) is 102 Å². The van der Waals surface area contributed by atoms with Crippen LogP contribution < -0.4 is 10.2 Å². The van der Waals surface area contributed by atoms with Crippen molar-refractivity contribution in [2.24, 2.45) is 0 Å². The number of H-pyrrole nitrogens is 1. The van der Waals surface area contributed by atoms with Crippen LogP contribution in [0.1, 0.15) is 27.9 Å². The van der Waals surface area contributed by atoms with Crippen LogP contribution in [0.25, 0.3) is 10.9 Å². The van der Waals surface area contributed by atoms with Crippen molar-refractivity contribution in [1.29, 1.82) is 0 Å². The van der Waals surface area contributed by atoms with Gasteiger partial charge in [-0.15, -0.1) is 0 Å². The summed E-state index contributed by atoms with van der Waals surface area (Å²) >= 11 is 0. The first-order valence-corrected chi connectivity index (χ1v) is 12.2. The van der Waals surface area contributed by atoms with Crippen LogP contribution in [0.2, 0.25) is 0 Å². The summed E-state index contributed by atoms with van der Waals surface area (Å²) in [7, 11) is 0. The van der Waals surface area contributed by atoms with Crippen molar-refractivity contribution in [1.82, 2.24) is 10.3 Å². The Kier molecular flexibility index (Phi) is 6.98. The molecule has 0 saturated heterocycles. The number of aromatic amines is 1. The van der Waals surface area contributed by atoms with Crippen molar-refractivity contribution >= 4 is 34.4 Å². The SMILES string of the molecule is O=C(N[C@H](Cc1c[nH]c2ccccc12)C(=O)OCC(=O)N1CCCc2ccccc21)c1ccc(F)cc1. The van der Waals surface area contributed by atoms with Crippen LogP contribution in [0.4, 0.5) is 10.1 Å². The van der Waals surface area contributed by atoms with E-state index in [2.05, 4.69) is 10.3 Å². The molecule has 2 amide bonds. The highest BCUT2D eigenvalue weighted by Gasteiger charge is 2.28. The molecule has 7 nitrogen and oxygen atoms in total. The number of ether oxygens (including phenoxy) is 1. The second kappa shape index (κ2) is 10.7. The topological polar surface area (TPSA) is 91.5 Å². The first kappa shape index (κ1) is 24.2. The summed E-state index contributed by atoms with van der Waals surface area (Å²) in [6, 6.07) is 19.3. The second-order valence-electron chi connectivity index (χ2n) is 8.98. The summed E-state index contributed by atoms with van der Waals surface area (Å²) in [5.41, 5.74) is 3.83. The highest BCUT2D eigenvalue weighted by Crippen LogP contribution is 2.27. The lowest BCUT2D eigenvalue weighted by molar-refractivity contribution is -0.149. The Hall–Kier alpha value is -4.46. The molecule has 188 valence electrons. The number of benzene rings is 3. The van der Waals surface area contributed by atoms with Gasteiger partial charge in [0.1, 0.15) is 11.9 Å². The molecule has 0 unspecified atom stereocenters. The molecule has 0 bridgehead atoms. The minimum absolute atomic E-state index is 0.149. The van der Waals surface area contributed by atoms with Crippen LogP contribution in [0.3, 0.4) is 0 Å². The maximum Gasteiger partial charge on any atom is 0.329 e. The van der Waals surface area contributed by atoms with Gasteiger partial charge >= 0.3 is 5.97 Å². The molecule has 0 aliphatic carbocycles. The number of esters is 1. The van der Waals surface area contributed by atoms with E-state index in [1.54, 1.807) is 11.1 Å². The molecule has 0 saturated carbocycles. The van der Waals surface area contributed by atoms with Crippen LogP contribution in [-0.4, -0.2) is 42.0 Å². The van der Waals surface area contributed by atoms with Crippen LogP contribution in [0, 0.1) is 5.82 Å². The number of hydrogen-bond acceptors (Lipinski definition) is 4. The fourth-order valence-corrected chi connectivity index (χ4v) is 4.66. The van der Waals surface area contributed by atoms with E-state index in [1.807, 2.05) is 48.5 Å². The van der Waals surface area contributed by atoms with E-state index < -0.39 is 30.3 Å². The van der Waals surface area contributed by atoms with Gasteiger partial charge in [-0.2, -0.15) is 0 Å². The molecule has 0 fully saturated rings. The van der Waals surface area contributed by atoms with Crippen molar-refractivity contribution < 1.29 is 23.5 Å². The van der Waals surface area contributed by atoms with E-state index in [4.69, 9.17) is 4.74 Å². The molecule has 1 atom stereocenters. The van der Waals surface area contributed by atoms with Gasteiger partial charge in [0, 0.05) is 41.3 Å². The minimum atomic E-state index is -1.06. The van der Waals surface area contributed by atoms with E-state index in [9.17, 15) is 18.8 Å². The van der Waals surface area contributed by atoms with Crippen LogP contribution in [-0.2, 0) is 27.2 Å². The summed E-state index contributed by atoms with van der Waals surface area (Å²) in [6.45, 7) is 0.109. The van der Waals surface area contributed by atoms with Gasteiger partial charge in [-0.1, -0.05) is 36.4 Å². The standard InChI is InChI=1S/C29H26FN3O4/c30-22-13-11-20(12-14-22)28(35)32-25(16-21-17-31-24-9-3-2-8-23(21)24)29(36)37-18-27(34)33-15-5-7-19-6-1-4-10-26(19)33/h1-4,6,8-14,17,25,31H,5,7,15-16,18H2,(H,32,35)/t25-/m1/s1. The number of fused-ring (bicyclic) bond motifs is 2. The molecular weight excluding hydrogens is 473 g/mol. The number of nitrogens with one attached hydrogen (secondary N) is 2. The van der Waals surface area contributed by atoms with Crippen molar-refractivity contribution in [3.63, 3.8) is 0 Å². The first-order chi connectivity index (χ1) is 18.0.